The highest BCUT2D eigenvalue weighted by molar-refractivity contribution is 5.98. The lowest BCUT2D eigenvalue weighted by Crippen LogP contribution is -2.28. The topological polar surface area (TPSA) is 25.2 Å². The Hall–Kier alpha value is -1.09. The lowest BCUT2D eigenvalue weighted by molar-refractivity contribution is 0.0910. The Kier molecular flexibility index (Phi) is 4.69. The Morgan fingerprint density at radius 1 is 1.25 bits per heavy atom. The summed E-state index contributed by atoms with van der Waals surface area (Å²) < 4.78 is 2.30. The van der Waals surface area contributed by atoms with Gasteiger partial charge in [-0.05, 0) is 44.0 Å². The molecule has 20 heavy (non-hydrogen) atoms. The van der Waals surface area contributed by atoms with Crippen molar-refractivity contribution < 1.29 is 4.79 Å². The number of Topliss-reactive ketones (excluding diaryl/α,β-unsaturated/α-hetero) is 1. The van der Waals surface area contributed by atoms with E-state index in [2.05, 4.69) is 43.4 Å². The van der Waals surface area contributed by atoms with E-state index in [1.165, 1.54) is 5.69 Å². The number of fused-ring (bicyclic) bond motifs is 1. The van der Waals surface area contributed by atoms with Gasteiger partial charge in [-0.1, -0.05) is 27.7 Å². The fraction of sp³-hybridized carbons (Fsp3) is 0.706. The standard InChI is InChI=1S/C17H28N2O/c1-5-18(6-2)9-7-10-19-11-8-14-15(19)12-17(3,4)13-16(14)20/h8,11H,5-7,9-10,12-13H2,1-4H3. The van der Waals surface area contributed by atoms with Crippen LogP contribution in [0, 0.1) is 5.41 Å². The molecule has 0 spiro atoms. The second-order valence-corrected chi connectivity index (χ2v) is 6.69. The molecule has 0 radical (unpaired) electrons. The molecule has 112 valence electrons. The van der Waals surface area contributed by atoms with Crippen molar-refractivity contribution in [2.24, 2.45) is 5.41 Å². The minimum atomic E-state index is 0.110. The highest BCUT2D eigenvalue weighted by atomic mass is 16.1. The first kappa shape index (κ1) is 15.3. The predicted molar refractivity (Wildman–Crippen MR) is 83.3 cm³/mol. The van der Waals surface area contributed by atoms with Gasteiger partial charge in [-0.25, -0.2) is 0 Å². The Balaban J connectivity index is 2.03. The molecular formula is C17H28N2O. The summed E-state index contributed by atoms with van der Waals surface area (Å²) in [7, 11) is 0. The predicted octanol–water partition coefficient (Wildman–Crippen LogP) is 3.38. The molecule has 3 heteroatoms. The summed E-state index contributed by atoms with van der Waals surface area (Å²) >= 11 is 0. The lowest BCUT2D eigenvalue weighted by Gasteiger charge is -2.30. The van der Waals surface area contributed by atoms with Crippen molar-refractivity contribution in [1.29, 1.82) is 0 Å². The fourth-order valence-corrected chi connectivity index (χ4v) is 3.22. The zero-order valence-corrected chi connectivity index (χ0v) is 13.4. The molecule has 0 saturated heterocycles. The highest BCUT2D eigenvalue weighted by Gasteiger charge is 2.32. The van der Waals surface area contributed by atoms with Crippen molar-refractivity contribution in [2.75, 3.05) is 19.6 Å². The summed E-state index contributed by atoms with van der Waals surface area (Å²) in [6.07, 6.45) is 4.96. The monoisotopic (exact) mass is 276 g/mol. The van der Waals surface area contributed by atoms with Crippen molar-refractivity contribution in [3.8, 4) is 0 Å². The minimum absolute atomic E-state index is 0.110. The van der Waals surface area contributed by atoms with E-state index >= 15 is 0 Å². The second kappa shape index (κ2) is 6.13. The van der Waals surface area contributed by atoms with Gasteiger partial charge in [0.2, 0.25) is 0 Å². The number of carbonyl (C=O) groups is 1. The number of aromatic nitrogens is 1. The summed E-state index contributed by atoms with van der Waals surface area (Å²) in [5, 5.41) is 0. The van der Waals surface area contributed by atoms with Crippen molar-refractivity contribution in [3.63, 3.8) is 0 Å². The van der Waals surface area contributed by atoms with E-state index in [0.29, 0.717) is 12.2 Å². The third-order valence-corrected chi connectivity index (χ3v) is 4.43. The maximum absolute atomic E-state index is 12.2. The normalized spacial score (nSPS) is 17.6. The second-order valence-electron chi connectivity index (χ2n) is 6.69. The number of nitrogens with zero attached hydrogens (tertiary/aromatic N) is 2. The molecule has 0 bridgehead atoms. The Morgan fingerprint density at radius 3 is 2.60 bits per heavy atom. The zero-order valence-electron chi connectivity index (χ0n) is 13.4. The van der Waals surface area contributed by atoms with E-state index in [-0.39, 0.29) is 5.41 Å². The average molecular weight is 276 g/mol. The molecule has 0 fully saturated rings. The van der Waals surface area contributed by atoms with Crippen molar-refractivity contribution in [3.05, 3.63) is 23.5 Å². The molecule has 0 aromatic carbocycles. The molecule has 2 rings (SSSR count). The van der Waals surface area contributed by atoms with Gasteiger partial charge in [0.25, 0.3) is 0 Å². The van der Waals surface area contributed by atoms with E-state index in [9.17, 15) is 4.79 Å². The Bertz CT molecular complexity index is 469. The van der Waals surface area contributed by atoms with Crippen LogP contribution in [0.3, 0.4) is 0 Å². The van der Waals surface area contributed by atoms with Crippen molar-refractivity contribution in [1.82, 2.24) is 9.47 Å². The third kappa shape index (κ3) is 3.32. The van der Waals surface area contributed by atoms with Gasteiger partial charge in [0.15, 0.2) is 5.78 Å². The van der Waals surface area contributed by atoms with Crippen molar-refractivity contribution in [2.45, 2.75) is 53.5 Å². The lowest BCUT2D eigenvalue weighted by atomic mass is 9.76. The van der Waals surface area contributed by atoms with Gasteiger partial charge in [-0.3, -0.25) is 4.79 Å². The van der Waals surface area contributed by atoms with Crippen molar-refractivity contribution >= 4 is 5.78 Å². The van der Waals surface area contributed by atoms with Crippen LogP contribution in [0.15, 0.2) is 12.3 Å². The molecule has 0 saturated carbocycles. The van der Waals surface area contributed by atoms with E-state index in [1.54, 1.807) is 0 Å². The molecule has 1 aromatic heterocycles. The smallest absolute Gasteiger partial charge is 0.165 e. The van der Waals surface area contributed by atoms with Gasteiger partial charge >= 0.3 is 0 Å². The molecule has 0 atom stereocenters. The van der Waals surface area contributed by atoms with Crippen LogP contribution >= 0.6 is 0 Å². The molecule has 1 heterocycles. The van der Waals surface area contributed by atoms with Crippen LogP contribution < -0.4 is 0 Å². The third-order valence-electron chi connectivity index (χ3n) is 4.43. The molecular weight excluding hydrogens is 248 g/mol. The van der Waals surface area contributed by atoms with Gasteiger partial charge in [-0.2, -0.15) is 0 Å². The van der Waals surface area contributed by atoms with Crippen LogP contribution in [-0.4, -0.2) is 34.9 Å². The Labute approximate surface area is 123 Å². The molecule has 0 N–H and O–H groups in total. The van der Waals surface area contributed by atoms with Gasteiger partial charge < -0.3 is 9.47 Å². The van der Waals surface area contributed by atoms with E-state index in [1.807, 2.05) is 6.07 Å². The molecule has 0 amide bonds. The van der Waals surface area contributed by atoms with Gasteiger partial charge in [0, 0.05) is 30.4 Å². The number of hydrogen-bond acceptors (Lipinski definition) is 2. The number of ketones is 1. The number of aryl methyl sites for hydroxylation is 1. The summed E-state index contributed by atoms with van der Waals surface area (Å²) in [6.45, 7) is 13.2. The van der Waals surface area contributed by atoms with Gasteiger partial charge in [0.05, 0.1) is 0 Å². The summed E-state index contributed by atoms with van der Waals surface area (Å²) in [4.78, 5) is 14.6. The molecule has 1 aromatic rings. The molecule has 1 aliphatic rings. The highest BCUT2D eigenvalue weighted by Crippen LogP contribution is 2.35. The van der Waals surface area contributed by atoms with Crippen LogP contribution in [0.4, 0.5) is 0 Å². The van der Waals surface area contributed by atoms with Crippen LogP contribution in [0.25, 0.3) is 0 Å². The average Bonchev–Trinajstić information content (AvgIpc) is 2.76. The minimum Gasteiger partial charge on any atom is -0.351 e. The Morgan fingerprint density at radius 2 is 1.95 bits per heavy atom. The summed E-state index contributed by atoms with van der Waals surface area (Å²) in [5.41, 5.74) is 2.33. The fourth-order valence-electron chi connectivity index (χ4n) is 3.22. The van der Waals surface area contributed by atoms with Gasteiger partial charge in [0.1, 0.15) is 0 Å². The van der Waals surface area contributed by atoms with E-state index in [0.717, 1.165) is 44.6 Å². The maximum Gasteiger partial charge on any atom is 0.165 e. The summed E-state index contributed by atoms with van der Waals surface area (Å²) in [5.74, 6) is 0.318. The van der Waals surface area contributed by atoms with E-state index in [4.69, 9.17) is 0 Å². The maximum atomic E-state index is 12.2. The largest absolute Gasteiger partial charge is 0.351 e. The summed E-state index contributed by atoms with van der Waals surface area (Å²) in [6, 6.07) is 2.02. The number of rotatable bonds is 6. The quantitative estimate of drug-likeness (QED) is 0.796. The van der Waals surface area contributed by atoms with Crippen LogP contribution in [-0.2, 0) is 13.0 Å². The molecule has 0 aliphatic heterocycles. The van der Waals surface area contributed by atoms with Gasteiger partial charge in [-0.15, -0.1) is 0 Å². The van der Waals surface area contributed by atoms with E-state index < -0.39 is 0 Å². The first-order valence-corrected chi connectivity index (χ1v) is 7.90. The first-order valence-electron chi connectivity index (χ1n) is 7.90. The number of carbonyl (C=O) groups excluding carboxylic acids is 1. The molecule has 3 nitrogen and oxygen atoms in total. The number of hydrogen-bond donors (Lipinski definition) is 0. The first-order chi connectivity index (χ1) is 9.46. The molecule has 0 unspecified atom stereocenters. The van der Waals surface area contributed by atoms with Crippen LogP contribution in [0.5, 0.6) is 0 Å². The molecule has 1 aliphatic carbocycles. The van der Waals surface area contributed by atoms with Crippen LogP contribution in [0.2, 0.25) is 0 Å². The van der Waals surface area contributed by atoms with Crippen LogP contribution in [0.1, 0.15) is 56.6 Å². The zero-order chi connectivity index (χ0) is 14.8. The SMILES string of the molecule is CCN(CC)CCCn1ccc2c1CC(C)(C)CC2=O.